The number of para-hydroxylation sites is 1. The van der Waals surface area contributed by atoms with Crippen LogP contribution in [0.3, 0.4) is 0 Å². The fourth-order valence-corrected chi connectivity index (χ4v) is 1.35. The molecule has 0 amide bonds. The van der Waals surface area contributed by atoms with E-state index in [0.717, 1.165) is 17.9 Å². The minimum absolute atomic E-state index is 0.714. The fraction of sp³-hybridized carbons (Fsp3) is 0.400. The maximum absolute atomic E-state index is 5.27. The Balaban J connectivity index is 2.21. The lowest BCUT2D eigenvalue weighted by molar-refractivity contribution is 0.614. The number of benzene rings is 1. The van der Waals surface area contributed by atoms with Crippen LogP contribution in [0.2, 0.25) is 0 Å². The van der Waals surface area contributed by atoms with E-state index in [1.807, 2.05) is 6.07 Å². The van der Waals surface area contributed by atoms with Gasteiger partial charge >= 0.3 is 0 Å². The normalized spacial score (nSPS) is 12.6. The lowest BCUT2D eigenvalue weighted by Crippen LogP contribution is -1.91. The van der Waals surface area contributed by atoms with Crippen molar-refractivity contribution in [1.29, 1.82) is 0 Å². The summed E-state index contributed by atoms with van der Waals surface area (Å²) in [5, 5.41) is 0. The topological polar surface area (TPSA) is 12.5 Å². The Morgan fingerprint density at radius 3 is 2.91 bits per heavy atom. The first-order valence-electron chi connectivity index (χ1n) is 4.07. The third-order valence-corrected chi connectivity index (χ3v) is 1.86. The molecule has 0 unspecified atom stereocenters. The zero-order chi connectivity index (χ0) is 7.84. The van der Waals surface area contributed by atoms with Gasteiger partial charge in [0, 0.05) is 0 Å². The molecule has 0 aliphatic carbocycles. The minimum Gasteiger partial charge on any atom is -0.449 e. The first-order valence-corrected chi connectivity index (χ1v) is 4.07. The molecule has 1 aliphatic rings. The highest BCUT2D eigenvalue weighted by molar-refractivity contribution is 5.59. The van der Waals surface area contributed by atoms with Crippen molar-refractivity contribution in [2.24, 2.45) is 5.92 Å². The Labute approximate surface area is 67.0 Å². The summed E-state index contributed by atoms with van der Waals surface area (Å²) in [6.45, 7) is 4.45. The summed E-state index contributed by atoms with van der Waals surface area (Å²) < 4.78 is 5.27. The molecule has 1 aliphatic heterocycles. The Bertz CT molecular complexity index is 276. The van der Waals surface area contributed by atoms with Crippen LogP contribution in [0.5, 0.6) is 11.5 Å². The van der Waals surface area contributed by atoms with E-state index in [4.69, 9.17) is 4.74 Å². The Morgan fingerprint density at radius 2 is 2.18 bits per heavy atom. The van der Waals surface area contributed by atoms with E-state index in [1.165, 1.54) is 5.56 Å². The molecule has 0 saturated carbocycles. The molecule has 0 bridgehead atoms. The third kappa shape index (κ3) is 1.23. The first kappa shape index (κ1) is 6.71. The quantitative estimate of drug-likeness (QED) is 0.596. The SMILES string of the molecule is CC(C)Cc1cccc2c1O2. The first-order chi connectivity index (χ1) is 5.27. The third-order valence-electron chi connectivity index (χ3n) is 1.86. The highest BCUT2D eigenvalue weighted by Crippen LogP contribution is 2.48. The number of hydrogen-bond donors (Lipinski definition) is 0. The van der Waals surface area contributed by atoms with Gasteiger partial charge in [-0.15, -0.1) is 0 Å². The second kappa shape index (κ2) is 2.26. The summed E-state index contributed by atoms with van der Waals surface area (Å²) in [7, 11) is 0. The van der Waals surface area contributed by atoms with Crippen molar-refractivity contribution in [2.45, 2.75) is 20.3 Å². The van der Waals surface area contributed by atoms with Crippen LogP contribution < -0.4 is 4.74 Å². The van der Waals surface area contributed by atoms with Crippen LogP contribution in [0.15, 0.2) is 18.2 Å². The van der Waals surface area contributed by atoms with Gasteiger partial charge in [0.05, 0.1) is 0 Å². The summed E-state index contributed by atoms with van der Waals surface area (Å²) >= 11 is 0. The van der Waals surface area contributed by atoms with Crippen LogP contribution in [-0.2, 0) is 6.42 Å². The molecule has 0 atom stereocenters. The largest absolute Gasteiger partial charge is 0.449 e. The van der Waals surface area contributed by atoms with Gasteiger partial charge in [-0.3, -0.25) is 0 Å². The monoisotopic (exact) mass is 148 g/mol. The zero-order valence-corrected chi connectivity index (χ0v) is 6.92. The van der Waals surface area contributed by atoms with Gasteiger partial charge in [0.1, 0.15) is 0 Å². The zero-order valence-electron chi connectivity index (χ0n) is 6.92. The average Bonchev–Trinajstić information content (AvgIpc) is 2.65. The number of fused-ring (bicyclic) bond motifs is 1. The number of ether oxygens (including phenoxy) is 1. The number of hydrogen-bond acceptors (Lipinski definition) is 1. The van der Waals surface area contributed by atoms with Gasteiger partial charge in [0.25, 0.3) is 0 Å². The van der Waals surface area contributed by atoms with Gasteiger partial charge < -0.3 is 4.74 Å². The predicted octanol–water partition coefficient (Wildman–Crippen LogP) is 2.99. The van der Waals surface area contributed by atoms with Crippen molar-refractivity contribution < 1.29 is 4.74 Å². The molecule has 1 aromatic rings. The van der Waals surface area contributed by atoms with E-state index in [9.17, 15) is 0 Å². The van der Waals surface area contributed by atoms with Crippen LogP contribution in [-0.4, -0.2) is 0 Å². The summed E-state index contributed by atoms with van der Waals surface area (Å²) in [5.41, 5.74) is 1.36. The minimum atomic E-state index is 0.714. The molecule has 1 aromatic carbocycles. The van der Waals surface area contributed by atoms with Gasteiger partial charge in [0.2, 0.25) is 0 Å². The molecule has 2 rings (SSSR count). The highest BCUT2D eigenvalue weighted by Gasteiger charge is 2.23. The van der Waals surface area contributed by atoms with E-state index < -0.39 is 0 Å². The highest BCUT2D eigenvalue weighted by atomic mass is 16.6. The van der Waals surface area contributed by atoms with Crippen molar-refractivity contribution in [2.75, 3.05) is 0 Å². The van der Waals surface area contributed by atoms with Crippen molar-refractivity contribution in [3.8, 4) is 11.5 Å². The molecule has 0 aromatic heterocycles. The molecular weight excluding hydrogens is 136 g/mol. The van der Waals surface area contributed by atoms with E-state index in [2.05, 4.69) is 26.0 Å². The van der Waals surface area contributed by atoms with Crippen LogP contribution in [0.1, 0.15) is 19.4 Å². The Hall–Kier alpha value is -0.980. The van der Waals surface area contributed by atoms with E-state index in [-0.39, 0.29) is 0 Å². The van der Waals surface area contributed by atoms with Gasteiger partial charge in [-0.1, -0.05) is 26.0 Å². The molecule has 1 nitrogen and oxygen atoms in total. The van der Waals surface area contributed by atoms with Crippen molar-refractivity contribution in [3.63, 3.8) is 0 Å². The molecule has 1 heterocycles. The molecule has 0 radical (unpaired) electrons. The molecule has 58 valence electrons. The summed E-state index contributed by atoms with van der Waals surface area (Å²) in [4.78, 5) is 0. The second-order valence-electron chi connectivity index (χ2n) is 3.44. The molecule has 0 spiro atoms. The van der Waals surface area contributed by atoms with Crippen LogP contribution in [0, 0.1) is 5.92 Å². The van der Waals surface area contributed by atoms with Gasteiger partial charge in [-0.2, -0.15) is 0 Å². The molecule has 0 N–H and O–H groups in total. The molecule has 0 fully saturated rings. The lowest BCUT2D eigenvalue weighted by atomic mass is 10.0. The summed E-state index contributed by atoms with van der Waals surface area (Å²) in [6, 6.07) is 6.22. The van der Waals surface area contributed by atoms with E-state index >= 15 is 0 Å². The van der Waals surface area contributed by atoms with Crippen molar-refractivity contribution >= 4 is 0 Å². The van der Waals surface area contributed by atoms with Gasteiger partial charge in [0.15, 0.2) is 11.5 Å². The average molecular weight is 148 g/mol. The van der Waals surface area contributed by atoms with Gasteiger partial charge in [-0.05, 0) is 24.0 Å². The summed E-state index contributed by atoms with van der Waals surface area (Å²) in [6.07, 6.45) is 1.13. The van der Waals surface area contributed by atoms with Crippen LogP contribution >= 0.6 is 0 Å². The maximum Gasteiger partial charge on any atom is 0.173 e. The predicted molar refractivity (Wildman–Crippen MR) is 45.1 cm³/mol. The van der Waals surface area contributed by atoms with Crippen molar-refractivity contribution in [3.05, 3.63) is 23.8 Å². The molecule has 1 heteroatoms. The molecular formula is C10H12O. The van der Waals surface area contributed by atoms with Gasteiger partial charge in [-0.25, -0.2) is 0 Å². The lowest BCUT2D eigenvalue weighted by Gasteiger charge is -2.00. The smallest absolute Gasteiger partial charge is 0.173 e. The standard InChI is InChI=1S/C10H12O/c1-7(2)6-8-4-3-5-9-10(8)11-9/h3-5,7H,6H2,1-2H3. The Morgan fingerprint density at radius 1 is 1.36 bits per heavy atom. The second-order valence-corrected chi connectivity index (χ2v) is 3.44. The maximum atomic E-state index is 5.27. The Kier molecular flexibility index (Phi) is 1.38. The summed E-state index contributed by atoms with van der Waals surface area (Å²) in [5.74, 6) is 2.91. The fourth-order valence-electron chi connectivity index (χ4n) is 1.35. The van der Waals surface area contributed by atoms with E-state index in [1.54, 1.807) is 0 Å². The molecule has 0 saturated heterocycles. The van der Waals surface area contributed by atoms with E-state index in [0.29, 0.717) is 5.92 Å². The van der Waals surface area contributed by atoms with Crippen molar-refractivity contribution in [1.82, 2.24) is 0 Å². The van der Waals surface area contributed by atoms with Crippen LogP contribution in [0.25, 0.3) is 0 Å². The molecule has 11 heavy (non-hydrogen) atoms. The van der Waals surface area contributed by atoms with Crippen LogP contribution in [0.4, 0.5) is 0 Å². The number of rotatable bonds is 2.